The van der Waals surface area contributed by atoms with Crippen LogP contribution in [0.2, 0.25) is 0 Å². The fourth-order valence-electron chi connectivity index (χ4n) is 3.18. The number of thiazole rings is 1. The molecular weight excluding hydrogens is 336 g/mol. The van der Waals surface area contributed by atoms with Gasteiger partial charge in [0.05, 0.1) is 12.1 Å². The molecule has 4 rings (SSSR count). The third-order valence-corrected chi connectivity index (χ3v) is 5.17. The molecule has 2 N–H and O–H groups in total. The van der Waals surface area contributed by atoms with E-state index >= 15 is 0 Å². The molecule has 3 heterocycles. The topological polar surface area (TPSA) is 79.9 Å². The molecule has 1 amide bonds. The van der Waals surface area contributed by atoms with Gasteiger partial charge in [0.2, 0.25) is 0 Å². The molecule has 2 aromatic heterocycles. The predicted molar refractivity (Wildman–Crippen MR) is 96.2 cm³/mol. The number of hydrogen-bond acceptors (Lipinski definition) is 5. The highest BCUT2D eigenvalue weighted by Gasteiger charge is 2.28. The summed E-state index contributed by atoms with van der Waals surface area (Å²) in [5.41, 5.74) is 3.15. The molecule has 128 valence electrons. The van der Waals surface area contributed by atoms with Gasteiger partial charge in [0, 0.05) is 23.5 Å². The zero-order valence-electron chi connectivity index (χ0n) is 14.0. The van der Waals surface area contributed by atoms with E-state index in [2.05, 4.69) is 20.3 Å². The molecule has 1 aliphatic rings. The lowest BCUT2D eigenvalue weighted by Crippen LogP contribution is -2.26. The highest BCUT2D eigenvalue weighted by atomic mass is 32.1. The van der Waals surface area contributed by atoms with Crippen molar-refractivity contribution >= 4 is 17.2 Å². The molecule has 1 atom stereocenters. The summed E-state index contributed by atoms with van der Waals surface area (Å²) in [5, 5.41) is 5.89. The van der Waals surface area contributed by atoms with Crippen molar-refractivity contribution in [3.05, 3.63) is 51.6 Å². The van der Waals surface area contributed by atoms with Crippen LogP contribution in [0.3, 0.4) is 0 Å². The van der Waals surface area contributed by atoms with E-state index in [1.807, 2.05) is 36.6 Å². The summed E-state index contributed by atoms with van der Waals surface area (Å²) in [5.74, 6) is 1.44. The summed E-state index contributed by atoms with van der Waals surface area (Å²) in [6, 6.07) is 7.92. The second-order valence-electron chi connectivity index (χ2n) is 6.02. The SMILES string of the molecule is COc1ccccc1[C@@H]1CNC(=O)c2nc(-c3csc(C)n3)[nH]c2C1. The van der Waals surface area contributed by atoms with Crippen molar-refractivity contribution in [3.63, 3.8) is 0 Å². The zero-order valence-corrected chi connectivity index (χ0v) is 14.8. The van der Waals surface area contributed by atoms with E-state index in [4.69, 9.17) is 4.74 Å². The maximum Gasteiger partial charge on any atom is 0.271 e. The Balaban J connectivity index is 1.71. The molecule has 0 saturated carbocycles. The van der Waals surface area contributed by atoms with Gasteiger partial charge < -0.3 is 15.0 Å². The Morgan fingerprint density at radius 1 is 1.28 bits per heavy atom. The van der Waals surface area contributed by atoms with Crippen LogP contribution in [0.25, 0.3) is 11.5 Å². The minimum absolute atomic E-state index is 0.117. The Morgan fingerprint density at radius 2 is 2.12 bits per heavy atom. The van der Waals surface area contributed by atoms with Crippen LogP contribution in [0.15, 0.2) is 29.6 Å². The number of imidazole rings is 1. The van der Waals surface area contributed by atoms with Crippen molar-refractivity contribution in [1.82, 2.24) is 20.3 Å². The first kappa shape index (κ1) is 15.8. The molecule has 6 nitrogen and oxygen atoms in total. The van der Waals surface area contributed by atoms with E-state index in [1.165, 1.54) is 0 Å². The van der Waals surface area contributed by atoms with Crippen molar-refractivity contribution < 1.29 is 9.53 Å². The van der Waals surface area contributed by atoms with Crippen LogP contribution >= 0.6 is 11.3 Å². The number of ether oxygens (including phenoxy) is 1. The number of aryl methyl sites for hydroxylation is 1. The largest absolute Gasteiger partial charge is 0.496 e. The van der Waals surface area contributed by atoms with E-state index < -0.39 is 0 Å². The van der Waals surface area contributed by atoms with Crippen LogP contribution in [0.5, 0.6) is 5.75 Å². The maximum atomic E-state index is 12.4. The van der Waals surface area contributed by atoms with Crippen LogP contribution in [-0.4, -0.2) is 34.5 Å². The Hall–Kier alpha value is -2.67. The van der Waals surface area contributed by atoms with Gasteiger partial charge in [-0.3, -0.25) is 4.79 Å². The van der Waals surface area contributed by atoms with Crippen molar-refractivity contribution in [2.24, 2.45) is 0 Å². The number of H-pyrrole nitrogens is 1. The van der Waals surface area contributed by atoms with Crippen molar-refractivity contribution in [1.29, 1.82) is 0 Å². The van der Waals surface area contributed by atoms with E-state index in [0.29, 0.717) is 24.5 Å². The van der Waals surface area contributed by atoms with Crippen molar-refractivity contribution in [3.8, 4) is 17.3 Å². The maximum absolute atomic E-state index is 12.4. The first-order valence-electron chi connectivity index (χ1n) is 8.08. The number of fused-ring (bicyclic) bond motifs is 1. The van der Waals surface area contributed by atoms with Crippen LogP contribution in [0.4, 0.5) is 0 Å². The molecule has 0 radical (unpaired) electrons. The molecule has 1 aliphatic heterocycles. The number of rotatable bonds is 3. The molecular formula is C18H18N4O2S. The predicted octanol–water partition coefficient (Wildman–Crippen LogP) is 2.92. The van der Waals surface area contributed by atoms with Gasteiger partial charge in [-0.15, -0.1) is 11.3 Å². The highest BCUT2D eigenvalue weighted by Crippen LogP contribution is 2.31. The number of para-hydroxylation sites is 1. The lowest BCUT2D eigenvalue weighted by Gasteiger charge is -2.17. The van der Waals surface area contributed by atoms with Gasteiger partial charge in [0.25, 0.3) is 5.91 Å². The standard InChI is InChI=1S/C18H18N4O2S/c1-10-20-14(9-25-10)17-21-13-7-11(8-19-18(23)16(13)22-17)12-5-3-4-6-15(12)24-2/h3-6,9,11H,7-8H2,1-2H3,(H,19,23)(H,21,22)/t11-/m0/s1. The third-order valence-electron chi connectivity index (χ3n) is 4.39. The average molecular weight is 354 g/mol. The molecule has 0 unspecified atom stereocenters. The van der Waals surface area contributed by atoms with Crippen LogP contribution in [0.1, 0.15) is 32.7 Å². The summed E-state index contributed by atoms with van der Waals surface area (Å²) >= 11 is 1.56. The molecule has 0 aliphatic carbocycles. The molecule has 7 heteroatoms. The Morgan fingerprint density at radius 3 is 2.88 bits per heavy atom. The summed E-state index contributed by atoms with van der Waals surface area (Å²) in [6.07, 6.45) is 0.685. The Bertz CT molecular complexity index is 931. The van der Waals surface area contributed by atoms with E-state index in [1.54, 1.807) is 18.4 Å². The van der Waals surface area contributed by atoms with E-state index in [0.717, 1.165) is 27.7 Å². The van der Waals surface area contributed by atoms with Gasteiger partial charge in [0.1, 0.15) is 17.1 Å². The first-order valence-corrected chi connectivity index (χ1v) is 8.96. The molecule has 0 bridgehead atoms. The smallest absolute Gasteiger partial charge is 0.271 e. The van der Waals surface area contributed by atoms with Gasteiger partial charge in [-0.25, -0.2) is 9.97 Å². The number of benzene rings is 1. The Labute approximate surface area is 149 Å². The zero-order chi connectivity index (χ0) is 17.4. The number of amides is 1. The minimum Gasteiger partial charge on any atom is -0.496 e. The molecule has 1 aromatic carbocycles. The Kier molecular flexibility index (Phi) is 4.01. The monoisotopic (exact) mass is 354 g/mol. The third kappa shape index (κ3) is 2.91. The summed E-state index contributed by atoms with van der Waals surface area (Å²) in [6.45, 7) is 2.50. The van der Waals surface area contributed by atoms with Gasteiger partial charge in [0.15, 0.2) is 5.82 Å². The van der Waals surface area contributed by atoms with Crippen LogP contribution < -0.4 is 10.1 Å². The van der Waals surface area contributed by atoms with E-state index in [9.17, 15) is 4.79 Å². The molecule has 0 fully saturated rings. The van der Waals surface area contributed by atoms with Gasteiger partial charge >= 0.3 is 0 Å². The number of methoxy groups -OCH3 is 1. The van der Waals surface area contributed by atoms with E-state index in [-0.39, 0.29) is 11.8 Å². The molecule has 0 spiro atoms. The number of hydrogen-bond donors (Lipinski definition) is 2. The fraction of sp³-hybridized carbons (Fsp3) is 0.278. The normalized spacial score (nSPS) is 16.9. The van der Waals surface area contributed by atoms with Gasteiger partial charge in [-0.05, 0) is 25.0 Å². The summed E-state index contributed by atoms with van der Waals surface area (Å²) < 4.78 is 5.48. The molecule has 3 aromatic rings. The van der Waals surface area contributed by atoms with Crippen LogP contribution in [-0.2, 0) is 6.42 Å². The minimum atomic E-state index is -0.151. The van der Waals surface area contributed by atoms with Gasteiger partial charge in [-0.2, -0.15) is 0 Å². The molecule has 25 heavy (non-hydrogen) atoms. The van der Waals surface area contributed by atoms with Crippen molar-refractivity contribution in [2.45, 2.75) is 19.3 Å². The first-order chi connectivity index (χ1) is 12.2. The number of carbonyl (C=O) groups excluding carboxylic acids is 1. The number of nitrogens with one attached hydrogen (secondary N) is 2. The molecule has 0 saturated heterocycles. The number of aromatic amines is 1. The lowest BCUT2D eigenvalue weighted by molar-refractivity contribution is 0.0950. The summed E-state index contributed by atoms with van der Waals surface area (Å²) in [4.78, 5) is 24.7. The number of carbonyl (C=O) groups is 1. The number of nitrogens with zero attached hydrogens (tertiary/aromatic N) is 2. The lowest BCUT2D eigenvalue weighted by atomic mass is 9.93. The quantitative estimate of drug-likeness (QED) is 0.758. The van der Waals surface area contributed by atoms with Crippen LogP contribution in [0, 0.1) is 6.92 Å². The fourth-order valence-corrected chi connectivity index (χ4v) is 3.78. The number of aromatic nitrogens is 3. The van der Waals surface area contributed by atoms with Crippen molar-refractivity contribution in [2.75, 3.05) is 13.7 Å². The summed E-state index contributed by atoms with van der Waals surface area (Å²) in [7, 11) is 1.67. The van der Waals surface area contributed by atoms with Gasteiger partial charge in [-0.1, -0.05) is 18.2 Å². The second-order valence-corrected chi connectivity index (χ2v) is 7.08. The highest BCUT2D eigenvalue weighted by molar-refractivity contribution is 7.09. The average Bonchev–Trinajstić information content (AvgIpc) is 3.21. The second kappa shape index (κ2) is 6.33.